The summed E-state index contributed by atoms with van der Waals surface area (Å²) in [5, 5.41) is 2.64. The summed E-state index contributed by atoms with van der Waals surface area (Å²) in [7, 11) is 0. The third-order valence-corrected chi connectivity index (χ3v) is 3.04. The highest BCUT2D eigenvalue weighted by molar-refractivity contribution is 5.82. The van der Waals surface area contributed by atoms with Crippen molar-refractivity contribution in [1.82, 2.24) is 0 Å². The van der Waals surface area contributed by atoms with E-state index in [0.717, 1.165) is 6.42 Å². The summed E-state index contributed by atoms with van der Waals surface area (Å²) in [5.74, 6) is 0. The molecule has 0 heterocycles. The molecule has 0 amide bonds. The smallest absolute Gasteiger partial charge is 0.0181 e. The van der Waals surface area contributed by atoms with E-state index in [1.807, 2.05) is 12.2 Å². The summed E-state index contributed by atoms with van der Waals surface area (Å²) in [6.45, 7) is 11.6. The van der Waals surface area contributed by atoms with Crippen molar-refractivity contribution in [2.45, 2.75) is 26.7 Å². The Kier molecular flexibility index (Phi) is 7.13. The van der Waals surface area contributed by atoms with Crippen molar-refractivity contribution in [3.63, 3.8) is 0 Å². The monoisotopic (exact) mass is 264 g/mol. The minimum Gasteiger partial charge on any atom is -0.0991 e. The van der Waals surface area contributed by atoms with Gasteiger partial charge in [0.15, 0.2) is 0 Å². The second-order valence-electron chi connectivity index (χ2n) is 4.78. The van der Waals surface area contributed by atoms with Crippen LogP contribution in [0.4, 0.5) is 0 Å². The Bertz CT molecular complexity index is 588. The first kappa shape index (κ1) is 16.0. The normalized spacial score (nSPS) is 10.6. The molecular formula is C20H24. The largest absolute Gasteiger partial charge is 0.0991 e. The lowest BCUT2D eigenvalue weighted by molar-refractivity contribution is 0.927. The zero-order chi connectivity index (χ0) is 14.8. The summed E-state index contributed by atoms with van der Waals surface area (Å²) in [6, 6.07) is 14.9. The lowest BCUT2D eigenvalue weighted by atomic mass is 10.1. The van der Waals surface area contributed by atoms with E-state index in [4.69, 9.17) is 0 Å². The highest BCUT2D eigenvalue weighted by Gasteiger charge is 1.89. The average Bonchev–Trinajstić information content (AvgIpc) is 2.47. The maximum Gasteiger partial charge on any atom is -0.0181 e. The maximum atomic E-state index is 3.68. The van der Waals surface area contributed by atoms with Crippen LogP contribution in [0.1, 0.15) is 25.3 Å². The minimum atomic E-state index is 1.11. The van der Waals surface area contributed by atoms with Crippen LogP contribution in [0.3, 0.4) is 0 Å². The fourth-order valence-corrected chi connectivity index (χ4v) is 2.00. The van der Waals surface area contributed by atoms with Gasteiger partial charge in [-0.05, 0) is 29.7 Å². The van der Waals surface area contributed by atoms with Crippen molar-refractivity contribution < 1.29 is 0 Å². The molecule has 20 heavy (non-hydrogen) atoms. The number of rotatable bonds is 4. The van der Waals surface area contributed by atoms with Crippen molar-refractivity contribution in [2.75, 3.05) is 0 Å². The number of hydrogen-bond acceptors (Lipinski definition) is 0. The average molecular weight is 264 g/mol. The first-order valence-electron chi connectivity index (χ1n) is 7.10. The zero-order valence-corrected chi connectivity index (χ0v) is 12.6. The van der Waals surface area contributed by atoms with Gasteiger partial charge in [-0.3, -0.25) is 0 Å². The van der Waals surface area contributed by atoms with Crippen molar-refractivity contribution in [1.29, 1.82) is 0 Å². The quantitative estimate of drug-likeness (QED) is 0.574. The molecule has 0 atom stereocenters. The van der Waals surface area contributed by atoms with Gasteiger partial charge in [-0.2, -0.15) is 0 Å². The molecule has 0 aliphatic heterocycles. The van der Waals surface area contributed by atoms with Gasteiger partial charge in [0.2, 0.25) is 0 Å². The van der Waals surface area contributed by atoms with Gasteiger partial charge in [0, 0.05) is 0 Å². The number of fused-ring (bicyclic) bond motifs is 1. The molecular weight excluding hydrogens is 240 g/mol. The van der Waals surface area contributed by atoms with Crippen molar-refractivity contribution >= 4 is 10.8 Å². The summed E-state index contributed by atoms with van der Waals surface area (Å²) in [4.78, 5) is 0. The Morgan fingerprint density at radius 1 is 1.05 bits per heavy atom. The third-order valence-electron chi connectivity index (χ3n) is 3.04. The van der Waals surface area contributed by atoms with Gasteiger partial charge >= 0.3 is 0 Å². The molecule has 0 radical (unpaired) electrons. The van der Waals surface area contributed by atoms with Crippen LogP contribution in [-0.4, -0.2) is 0 Å². The molecule has 2 aromatic carbocycles. The lowest BCUT2D eigenvalue weighted by Crippen LogP contribution is -1.73. The molecule has 2 aromatic rings. The van der Waals surface area contributed by atoms with E-state index in [1.165, 1.54) is 28.3 Å². The van der Waals surface area contributed by atoms with Gasteiger partial charge in [-0.25, -0.2) is 0 Å². The summed E-state index contributed by atoms with van der Waals surface area (Å²) >= 11 is 0. The van der Waals surface area contributed by atoms with Gasteiger partial charge in [0.25, 0.3) is 0 Å². The predicted octanol–water partition coefficient (Wildman–Crippen LogP) is 6.23. The molecule has 0 saturated heterocycles. The molecule has 0 aromatic heterocycles. The zero-order valence-electron chi connectivity index (χ0n) is 12.6. The summed E-state index contributed by atoms with van der Waals surface area (Å²) in [5.41, 5.74) is 2.59. The molecule has 0 bridgehead atoms. The lowest BCUT2D eigenvalue weighted by Gasteiger charge is -1.96. The van der Waals surface area contributed by atoms with Gasteiger partial charge < -0.3 is 0 Å². The van der Waals surface area contributed by atoms with E-state index >= 15 is 0 Å². The third kappa shape index (κ3) is 5.27. The highest BCUT2D eigenvalue weighted by atomic mass is 13.9. The Labute approximate surface area is 123 Å². The highest BCUT2D eigenvalue weighted by Crippen LogP contribution is 2.14. The maximum absolute atomic E-state index is 3.68. The van der Waals surface area contributed by atoms with E-state index in [-0.39, 0.29) is 0 Å². The van der Waals surface area contributed by atoms with Crippen LogP contribution in [0.25, 0.3) is 10.8 Å². The van der Waals surface area contributed by atoms with Gasteiger partial charge in [0.1, 0.15) is 0 Å². The van der Waals surface area contributed by atoms with Crippen LogP contribution in [0.15, 0.2) is 79.4 Å². The van der Waals surface area contributed by atoms with Crippen molar-refractivity contribution in [3.8, 4) is 0 Å². The van der Waals surface area contributed by atoms with Crippen molar-refractivity contribution in [3.05, 3.63) is 85.0 Å². The van der Waals surface area contributed by atoms with E-state index in [9.17, 15) is 0 Å². The first-order valence-corrected chi connectivity index (χ1v) is 7.10. The molecule has 0 saturated carbocycles. The number of hydrogen-bond donors (Lipinski definition) is 0. The fourth-order valence-electron chi connectivity index (χ4n) is 2.00. The van der Waals surface area contributed by atoms with Crippen LogP contribution < -0.4 is 0 Å². The molecule has 0 nitrogen and oxygen atoms in total. The SMILES string of the molecule is C=C/C=C(\C=C)CCC.Cc1ccc2ccccc2c1. The molecule has 0 fully saturated rings. The molecule has 0 unspecified atom stereocenters. The second-order valence-corrected chi connectivity index (χ2v) is 4.78. The van der Waals surface area contributed by atoms with Crippen LogP contribution in [-0.2, 0) is 0 Å². The molecule has 104 valence electrons. The number of benzene rings is 2. The van der Waals surface area contributed by atoms with E-state index in [1.54, 1.807) is 6.08 Å². The molecule has 0 N–H and O–H groups in total. The topological polar surface area (TPSA) is 0 Å². The molecule has 0 spiro atoms. The Morgan fingerprint density at radius 3 is 2.35 bits per heavy atom. The van der Waals surface area contributed by atoms with Crippen molar-refractivity contribution in [2.24, 2.45) is 0 Å². The standard InChI is InChI=1S/C11H10.C9H14/c1-9-6-7-10-4-2-3-5-11(10)8-9;1-4-7-9(6-3)8-5-2/h2-8H,1H3;4,6-7H,1,3,5,8H2,2H3/b;9-7+. The Morgan fingerprint density at radius 2 is 1.75 bits per heavy atom. The summed E-state index contributed by atoms with van der Waals surface area (Å²) < 4.78 is 0. The van der Waals surface area contributed by atoms with E-state index in [0.29, 0.717) is 0 Å². The number of aryl methyl sites for hydroxylation is 1. The number of allylic oxidation sites excluding steroid dienone is 4. The molecule has 0 aliphatic rings. The molecule has 0 heteroatoms. The second kappa shape index (κ2) is 8.92. The van der Waals surface area contributed by atoms with Gasteiger partial charge in [0.05, 0.1) is 0 Å². The molecule has 0 aliphatic carbocycles. The van der Waals surface area contributed by atoms with E-state index in [2.05, 4.69) is 69.5 Å². The van der Waals surface area contributed by atoms with Gasteiger partial charge in [-0.15, -0.1) is 0 Å². The predicted molar refractivity (Wildman–Crippen MR) is 92.1 cm³/mol. The van der Waals surface area contributed by atoms with Crippen LogP contribution in [0.2, 0.25) is 0 Å². The fraction of sp³-hybridized carbons (Fsp3) is 0.200. The van der Waals surface area contributed by atoms with Crippen LogP contribution in [0, 0.1) is 6.92 Å². The Hall–Kier alpha value is -2.08. The van der Waals surface area contributed by atoms with Crippen LogP contribution >= 0.6 is 0 Å². The first-order chi connectivity index (χ1) is 9.71. The van der Waals surface area contributed by atoms with Crippen LogP contribution in [0.5, 0.6) is 0 Å². The van der Waals surface area contributed by atoms with E-state index < -0.39 is 0 Å². The molecule has 2 rings (SSSR count). The Balaban J connectivity index is 0.000000206. The minimum absolute atomic E-state index is 1.11. The summed E-state index contributed by atoms with van der Waals surface area (Å²) in [6.07, 6.45) is 7.95. The van der Waals surface area contributed by atoms with Gasteiger partial charge in [-0.1, -0.05) is 92.8 Å².